The molecule has 0 unspecified atom stereocenters. The summed E-state index contributed by atoms with van der Waals surface area (Å²) < 4.78 is 5.50. The number of hydrogen-bond donors (Lipinski definition) is 2. The smallest absolute Gasteiger partial charge is 0.230 e. The monoisotopic (exact) mass is 278 g/mol. The number of nitrogens with zero attached hydrogens (tertiary/aromatic N) is 1. The third-order valence-electron chi connectivity index (χ3n) is 4.02. The van der Waals surface area contributed by atoms with Gasteiger partial charge >= 0.3 is 0 Å². The number of aliphatic hydroxyl groups excluding tert-OH is 1. The van der Waals surface area contributed by atoms with Crippen molar-refractivity contribution in [2.75, 3.05) is 30.9 Å². The van der Waals surface area contributed by atoms with Crippen LogP contribution in [0, 0.1) is 0 Å². The van der Waals surface area contributed by atoms with Crippen molar-refractivity contribution in [3.05, 3.63) is 24.3 Å². The number of carbonyl (C=O) groups is 1. The van der Waals surface area contributed by atoms with Crippen LogP contribution in [-0.4, -0.2) is 36.9 Å². The van der Waals surface area contributed by atoms with E-state index in [1.165, 1.54) is 0 Å². The van der Waals surface area contributed by atoms with E-state index in [0.29, 0.717) is 17.8 Å². The zero-order valence-corrected chi connectivity index (χ0v) is 11.8. The fourth-order valence-corrected chi connectivity index (χ4v) is 2.61. The highest BCUT2D eigenvalue weighted by Gasteiger charge is 2.40. The Balaban J connectivity index is 2.16. The molecule has 1 aromatic carbocycles. The molecule has 0 radical (unpaired) electrons. The van der Waals surface area contributed by atoms with Crippen LogP contribution in [-0.2, 0) is 9.53 Å². The standard InChI is InChI=1S/C15H22N2O3/c1-20-15(7-4-8-15)11-14(19)17(9-10-18)13-6-3-2-5-12(13)16/h2-3,5-6,18H,4,7-11,16H2,1H3. The fraction of sp³-hybridized carbons (Fsp3) is 0.533. The Bertz CT molecular complexity index is 466. The first-order valence-corrected chi connectivity index (χ1v) is 6.93. The van der Waals surface area contributed by atoms with E-state index in [0.717, 1.165) is 19.3 Å². The van der Waals surface area contributed by atoms with E-state index in [1.807, 2.05) is 12.1 Å². The molecule has 1 aromatic rings. The quantitative estimate of drug-likeness (QED) is 0.774. The van der Waals surface area contributed by atoms with Crippen LogP contribution in [0.5, 0.6) is 0 Å². The molecule has 5 heteroatoms. The average Bonchev–Trinajstić information content (AvgIpc) is 2.41. The molecule has 1 aliphatic rings. The fourth-order valence-electron chi connectivity index (χ4n) is 2.61. The number of benzene rings is 1. The highest BCUT2D eigenvalue weighted by molar-refractivity contribution is 5.96. The van der Waals surface area contributed by atoms with Crippen molar-refractivity contribution in [2.45, 2.75) is 31.3 Å². The Kier molecular flexibility index (Phi) is 4.62. The summed E-state index contributed by atoms with van der Waals surface area (Å²) in [7, 11) is 1.65. The van der Waals surface area contributed by atoms with Crippen molar-refractivity contribution in [1.82, 2.24) is 0 Å². The number of carbonyl (C=O) groups excluding carboxylic acids is 1. The van der Waals surface area contributed by atoms with E-state index in [1.54, 1.807) is 24.1 Å². The highest BCUT2D eigenvalue weighted by atomic mass is 16.5. The Morgan fingerprint density at radius 1 is 1.45 bits per heavy atom. The van der Waals surface area contributed by atoms with Gasteiger partial charge in [0.05, 0.1) is 30.0 Å². The summed E-state index contributed by atoms with van der Waals surface area (Å²) in [4.78, 5) is 14.1. The third-order valence-corrected chi connectivity index (χ3v) is 4.02. The van der Waals surface area contributed by atoms with Gasteiger partial charge in [0.15, 0.2) is 0 Å². The van der Waals surface area contributed by atoms with Crippen molar-refractivity contribution < 1.29 is 14.6 Å². The molecule has 20 heavy (non-hydrogen) atoms. The van der Waals surface area contributed by atoms with Crippen LogP contribution < -0.4 is 10.6 Å². The van der Waals surface area contributed by atoms with Gasteiger partial charge in [-0.2, -0.15) is 0 Å². The maximum absolute atomic E-state index is 12.5. The number of ether oxygens (including phenoxy) is 1. The van der Waals surface area contributed by atoms with Gasteiger partial charge in [0.25, 0.3) is 0 Å². The first-order chi connectivity index (χ1) is 9.62. The lowest BCUT2D eigenvalue weighted by atomic mass is 9.77. The number of nitrogen functional groups attached to an aromatic ring is 1. The second kappa shape index (κ2) is 6.24. The van der Waals surface area contributed by atoms with E-state index in [2.05, 4.69) is 0 Å². The SMILES string of the molecule is COC1(CC(=O)N(CCO)c2ccccc2N)CCC1. The molecular formula is C15H22N2O3. The minimum absolute atomic E-state index is 0.0569. The van der Waals surface area contributed by atoms with Gasteiger partial charge in [-0.25, -0.2) is 0 Å². The molecule has 0 aliphatic heterocycles. The Labute approximate surface area is 119 Å². The van der Waals surface area contributed by atoms with Crippen molar-refractivity contribution in [3.8, 4) is 0 Å². The van der Waals surface area contributed by atoms with E-state index in [4.69, 9.17) is 10.5 Å². The van der Waals surface area contributed by atoms with Crippen molar-refractivity contribution >= 4 is 17.3 Å². The molecule has 5 nitrogen and oxygen atoms in total. The summed E-state index contributed by atoms with van der Waals surface area (Å²) in [6, 6.07) is 7.20. The molecule has 0 spiro atoms. The largest absolute Gasteiger partial charge is 0.397 e. The lowest BCUT2D eigenvalue weighted by molar-refractivity contribution is -0.131. The van der Waals surface area contributed by atoms with Crippen LogP contribution in [0.2, 0.25) is 0 Å². The minimum Gasteiger partial charge on any atom is -0.397 e. The van der Waals surface area contributed by atoms with Crippen molar-refractivity contribution in [3.63, 3.8) is 0 Å². The van der Waals surface area contributed by atoms with Crippen molar-refractivity contribution in [2.24, 2.45) is 0 Å². The first-order valence-electron chi connectivity index (χ1n) is 6.93. The third kappa shape index (κ3) is 2.94. The van der Waals surface area contributed by atoms with Gasteiger partial charge in [-0.05, 0) is 31.4 Å². The molecule has 0 bridgehead atoms. The van der Waals surface area contributed by atoms with Gasteiger partial charge in [-0.15, -0.1) is 0 Å². The Morgan fingerprint density at radius 3 is 2.65 bits per heavy atom. The summed E-state index contributed by atoms with van der Waals surface area (Å²) >= 11 is 0. The highest BCUT2D eigenvalue weighted by Crippen LogP contribution is 2.39. The Hall–Kier alpha value is -1.59. The number of anilines is 2. The average molecular weight is 278 g/mol. The zero-order valence-electron chi connectivity index (χ0n) is 11.8. The van der Waals surface area contributed by atoms with Gasteiger partial charge in [0, 0.05) is 13.7 Å². The van der Waals surface area contributed by atoms with Crippen LogP contribution in [0.15, 0.2) is 24.3 Å². The second-order valence-corrected chi connectivity index (χ2v) is 5.25. The van der Waals surface area contributed by atoms with E-state index in [-0.39, 0.29) is 24.7 Å². The molecule has 0 saturated heterocycles. The normalized spacial score (nSPS) is 16.5. The second-order valence-electron chi connectivity index (χ2n) is 5.25. The van der Waals surface area contributed by atoms with Crippen LogP contribution in [0.4, 0.5) is 11.4 Å². The van der Waals surface area contributed by atoms with Gasteiger partial charge in [-0.3, -0.25) is 4.79 Å². The van der Waals surface area contributed by atoms with Gasteiger partial charge in [-0.1, -0.05) is 12.1 Å². The van der Waals surface area contributed by atoms with Crippen molar-refractivity contribution in [1.29, 1.82) is 0 Å². The maximum Gasteiger partial charge on any atom is 0.230 e. The maximum atomic E-state index is 12.5. The number of aliphatic hydroxyl groups is 1. The molecular weight excluding hydrogens is 256 g/mol. The Morgan fingerprint density at radius 2 is 2.15 bits per heavy atom. The van der Waals surface area contributed by atoms with Crippen LogP contribution in [0.1, 0.15) is 25.7 Å². The van der Waals surface area contributed by atoms with E-state index < -0.39 is 0 Å². The summed E-state index contributed by atoms with van der Waals surface area (Å²) in [6.45, 7) is 0.146. The number of para-hydroxylation sites is 2. The number of nitrogens with two attached hydrogens (primary N) is 1. The molecule has 1 amide bonds. The number of rotatable bonds is 6. The summed E-state index contributed by atoms with van der Waals surface area (Å²) in [5.74, 6) is -0.0569. The van der Waals surface area contributed by atoms with E-state index >= 15 is 0 Å². The minimum atomic E-state index is -0.325. The summed E-state index contributed by atoms with van der Waals surface area (Å²) in [6.07, 6.45) is 3.24. The van der Waals surface area contributed by atoms with E-state index in [9.17, 15) is 9.90 Å². The number of amides is 1. The van der Waals surface area contributed by atoms with Gasteiger partial charge in [0.2, 0.25) is 5.91 Å². The lowest BCUT2D eigenvalue weighted by Gasteiger charge is -2.41. The molecule has 2 rings (SSSR count). The van der Waals surface area contributed by atoms with Gasteiger partial charge in [0.1, 0.15) is 0 Å². The predicted molar refractivity (Wildman–Crippen MR) is 78.5 cm³/mol. The summed E-state index contributed by atoms with van der Waals surface area (Å²) in [5.41, 5.74) is 6.79. The molecule has 110 valence electrons. The molecule has 0 heterocycles. The van der Waals surface area contributed by atoms with Gasteiger partial charge < -0.3 is 20.5 Å². The lowest BCUT2D eigenvalue weighted by Crippen LogP contribution is -2.46. The molecule has 1 saturated carbocycles. The molecule has 0 aromatic heterocycles. The molecule has 3 N–H and O–H groups in total. The van der Waals surface area contributed by atoms with Crippen LogP contribution >= 0.6 is 0 Å². The zero-order chi connectivity index (χ0) is 14.6. The first kappa shape index (κ1) is 14.8. The number of methoxy groups -OCH3 is 1. The number of hydrogen-bond acceptors (Lipinski definition) is 4. The summed E-state index contributed by atoms with van der Waals surface area (Å²) in [5, 5.41) is 9.20. The molecule has 1 aliphatic carbocycles. The molecule has 1 fully saturated rings. The predicted octanol–water partition coefficient (Wildman–Crippen LogP) is 1.55. The van der Waals surface area contributed by atoms with Crippen LogP contribution in [0.3, 0.4) is 0 Å². The molecule has 0 atom stereocenters. The van der Waals surface area contributed by atoms with Crippen LogP contribution in [0.25, 0.3) is 0 Å². The topological polar surface area (TPSA) is 75.8 Å².